The highest BCUT2D eigenvalue weighted by Gasteiger charge is 2.37. The van der Waals surface area contributed by atoms with Crippen molar-refractivity contribution in [2.24, 2.45) is 5.92 Å². The van der Waals surface area contributed by atoms with Crippen LogP contribution in [0.5, 0.6) is 5.75 Å². The number of aliphatic hydroxyl groups excluding tert-OH is 1. The Kier molecular flexibility index (Phi) is 7.82. The molecule has 10 heteroatoms. The molecular formula is C28H24F3NO6. The zero-order valence-corrected chi connectivity index (χ0v) is 20.0. The number of alkyl halides is 3. The van der Waals surface area contributed by atoms with Gasteiger partial charge in [0, 0.05) is 12.1 Å². The van der Waals surface area contributed by atoms with Crippen LogP contribution in [0.1, 0.15) is 39.1 Å². The van der Waals surface area contributed by atoms with Gasteiger partial charge in [-0.05, 0) is 48.6 Å². The van der Waals surface area contributed by atoms with Crippen LogP contribution in [0.3, 0.4) is 0 Å². The van der Waals surface area contributed by atoms with Crippen molar-refractivity contribution in [3.05, 3.63) is 89.5 Å². The van der Waals surface area contributed by atoms with E-state index in [9.17, 15) is 37.8 Å². The number of imide groups is 1. The lowest BCUT2D eigenvalue weighted by Crippen LogP contribution is -2.36. The molecule has 0 spiro atoms. The van der Waals surface area contributed by atoms with Crippen molar-refractivity contribution in [1.82, 2.24) is 4.90 Å². The van der Waals surface area contributed by atoms with Gasteiger partial charge in [-0.3, -0.25) is 19.3 Å². The summed E-state index contributed by atoms with van der Waals surface area (Å²) in [4.78, 5) is 37.9. The van der Waals surface area contributed by atoms with Gasteiger partial charge in [-0.25, -0.2) is 0 Å². The van der Waals surface area contributed by atoms with E-state index in [1.54, 1.807) is 48.5 Å². The summed E-state index contributed by atoms with van der Waals surface area (Å²) in [5.41, 5.74) is 1.64. The van der Waals surface area contributed by atoms with E-state index in [-0.39, 0.29) is 42.5 Å². The molecule has 0 aromatic heterocycles. The number of amides is 2. The average molecular weight is 527 g/mol. The van der Waals surface area contributed by atoms with Gasteiger partial charge >= 0.3 is 12.3 Å². The van der Waals surface area contributed by atoms with E-state index in [0.29, 0.717) is 11.1 Å². The molecule has 0 aliphatic carbocycles. The van der Waals surface area contributed by atoms with Crippen molar-refractivity contribution in [3.63, 3.8) is 0 Å². The number of nitrogens with zero attached hydrogens (tertiary/aromatic N) is 1. The highest BCUT2D eigenvalue weighted by atomic mass is 19.4. The Morgan fingerprint density at radius 1 is 0.868 bits per heavy atom. The van der Waals surface area contributed by atoms with E-state index >= 15 is 0 Å². The van der Waals surface area contributed by atoms with Crippen LogP contribution in [0, 0.1) is 5.92 Å². The third-order valence-electron chi connectivity index (χ3n) is 6.41. The van der Waals surface area contributed by atoms with Crippen LogP contribution in [0.15, 0.2) is 72.8 Å². The highest BCUT2D eigenvalue weighted by molar-refractivity contribution is 6.21. The summed E-state index contributed by atoms with van der Waals surface area (Å²) in [7, 11) is 0. The molecule has 38 heavy (non-hydrogen) atoms. The smallest absolute Gasteiger partial charge is 0.481 e. The lowest BCUT2D eigenvalue weighted by Gasteiger charge is -2.22. The van der Waals surface area contributed by atoms with E-state index in [1.807, 2.05) is 0 Å². The van der Waals surface area contributed by atoms with Crippen LogP contribution >= 0.6 is 0 Å². The molecule has 7 nitrogen and oxygen atoms in total. The fourth-order valence-electron chi connectivity index (χ4n) is 4.49. The minimum Gasteiger partial charge on any atom is -0.481 e. The zero-order valence-electron chi connectivity index (χ0n) is 20.0. The fourth-order valence-corrected chi connectivity index (χ4v) is 4.49. The number of halogens is 3. The number of hydrogen-bond acceptors (Lipinski definition) is 5. The van der Waals surface area contributed by atoms with Crippen molar-refractivity contribution in [2.45, 2.75) is 31.7 Å². The standard InChI is InChI=1S/C28H24F3NO6/c29-28(30,31)38-24-16-17(10-12-19(24)18-6-2-1-3-7-18)11-13-23(33)22(27(36)37)14-15-32-25(34)20-8-4-5-9-21(20)26(32)35/h1-10,12,16,22-23,33H,11,13-15H2,(H,36,37). The Balaban J connectivity index is 1.43. The lowest BCUT2D eigenvalue weighted by atomic mass is 9.92. The van der Waals surface area contributed by atoms with Gasteiger partial charge in [-0.15, -0.1) is 13.2 Å². The summed E-state index contributed by atoms with van der Waals surface area (Å²) < 4.78 is 43.4. The predicted molar refractivity (Wildman–Crippen MR) is 130 cm³/mol. The van der Waals surface area contributed by atoms with Gasteiger partial charge in [-0.1, -0.05) is 54.6 Å². The Bertz CT molecular complexity index is 1310. The fraction of sp³-hybridized carbons (Fsp3) is 0.250. The summed E-state index contributed by atoms with van der Waals surface area (Å²) in [6.07, 6.45) is -6.47. The molecule has 3 aromatic carbocycles. The maximum atomic E-state index is 13.1. The van der Waals surface area contributed by atoms with E-state index in [1.165, 1.54) is 24.3 Å². The molecule has 2 amide bonds. The van der Waals surface area contributed by atoms with Gasteiger partial charge < -0.3 is 14.9 Å². The predicted octanol–water partition coefficient (Wildman–Crippen LogP) is 4.93. The largest absolute Gasteiger partial charge is 0.573 e. The molecule has 1 heterocycles. The number of benzene rings is 3. The molecule has 0 bridgehead atoms. The van der Waals surface area contributed by atoms with Crippen LogP contribution in [0.2, 0.25) is 0 Å². The number of aryl methyl sites for hydroxylation is 1. The number of rotatable bonds is 10. The Morgan fingerprint density at radius 2 is 1.47 bits per heavy atom. The normalized spacial score (nSPS) is 14.8. The number of hydrogen-bond donors (Lipinski definition) is 2. The van der Waals surface area contributed by atoms with Crippen LogP contribution in [-0.2, 0) is 11.2 Å². The maximum absolute atomic E-state index is 13.1. The highest BCUT2D eigenvalue weighted by Crippen LogP contribution is 2.35. The second-order valence-electron chi connectivity index (χ2n) is 8.89. The zero-order chi connectivity index (χ0) is 27.4. The van der Waals surface area contributed by atoms with Crippen molar-refractivity contribution >= 4 is 17.8 Å². The van der Waals surface area contributed by atoms with Crippen molar-refractivity contribution in [1.29, 1.82) is 0 Å². The first kappa shape index (κ1) is 26.9. The summed E-state index contributed by atoms with van der Waals surface area (Å²) in [5.74, 6) is -4.07. The second-order valence-corrected chi connectivity index (χ2v) is 8.89. The summed E-state index contributed by atoms with van der Waals surface area (Å²) in [5, 5.41) is 20.3. The van der Waals surface area contributed by atoms with E-state index < -0.39 is 41.9 Å². The van der Waals surface area contributed by atoms with Crippen LogP contribution in [0.25, 0.3) is 11.1 Å². The SMILES string of the molecule is O=C(O)C(CCN1C(=O)c2ccccc2C1=O)C(O)CCc1ccc(-c2ccccc2)c(OC(F)(F)F)c1. The molecule has 4 rings (SSSR count). The van der Waals surface area contributed by atoms with Gasteiger partial charge in [0.2, 0.25) is 0 Å². The molecule has 3 aromatic rings. The number of carbonyl (C=O) groups excluding carboxylic acids is 2. The third kappa shape index (κ3) is 6.03. The Morgan fingerprint density at radius 3 is 2.05 bits per heavy atom. The molecule has 0 radical (unpaired) electrons. The molecule has 2 unspecified atom stereocenters. The molecule has 0 saturated heterocycles. The van der Waals surface area contributed by atoms with Crippen LogP contribution in [-0.4, -0.2) is 51.9 Å². The van der Waals surface area contributed by atoms with Gasteiger partial charge in [0.25, 0.3) is 11.8 Å². The second kappa shape index (κ2) is 11.1. The quantitative estimate of drug-likeness (QED) is 0.363. The van der Waals surface area contributed by atoms with Crippen LogP contribution in [0.4, 0.5) is 13.2 Å². The topological polar surface area (TPSA) is 104 Å². The van der Waals surface area contributed by atoms with E-state index in [4.69, 9.17) is 0 Å². The Labute approximate surface area is 216 Å². The number of fused-ring (bicyclic) bond motifs is 1. The number of aliphatic carboxylic acids is 1. The number of aliphatic hydroxyl groups is 1. The average Bonchev–Trinajstić information content (AvgIpc) is 3.12. The third-order valence-corrected chi connectivity index (χ3v) is 6.41. The first-order chi connectivity index (χ1) is 18.0. The first-order valence-electron chi connectivity index (χ1n) is 11.9. The summed E-state index contributed by atoms with van der Waals surface area (Å²) in [6.45, 7) is -0.199. The first-order valence-corrected chi connectivity index (χ1v) is 11.9. The Hall–Kier alpha value is -4.18. The molecule has 1 aliphatic heterocycles. The molecule has 1 aliphatic rings. The van der Waals surface area contributed by atoms with Gasteiger partial charge in [-0.2, -0.15) is 0 Å². The molecule has 0 fully saturated rings. The van der Waals surface area contributed by atoms with Crippen molar-refractivity contribution in [3.8, 4) is 16.9 Å². The summed E-state index contributed by atoms with van der Waals surface area (Å²) in [6, 6.07) is 19.0. The van der Waals surface area contributed by atoms with Crippen molar-refractivity contribution < 1.29 is 42.5 Å². The maximum Gasteiger partial charge on any atom is 0.573 e. The van der Waals surface area contributed by atoms with Crippen molar-refractivity contribution in [2.75, 3.05) is 6.54 Å². The number of ether oxygens (including phenoxy) is 1. The number of carbonyl (C=O) groups is 3. The number of carboxylic acid groups (broad SMARTS) is 1. The van der Waals surface area contributed by atoms with Crippen LogP contribution < -0.4 is 4.74 Å². The van der Waals surface area contributed by atoms with E-state index in [2.05, 4.69) is 4.74 Å². The monoisotopic (exact) mass is 527 g/mol. The summed E-state index contributed by atoms with van der Waals surface area (Å²) >= 11 is 0. The molecule has 198 valence electrons. The number of carboxylic acids is 1. The molecular weight excluding hydrogens is 503 g/mol. The molecule has 2 atom stereocenters. The van der Waals surface area contributed by atoms with Gasteiger partial charge in [0.05, 0.1) is 23.1 Å². The minimum atomic E-state index is -4.92. The van der Waals surface area contributed by atoms with Gasteiger partial charge in [0.1, 0.15) is 5.75 Å². The van der Waals surface area contributed by atoms with Gasteiger partial charge in [0.15, 0.2) is 0 Å². The molecule has 0 saturated carbocycles. The lowest BCUT2D eigenvalue weighted by molar-refractivity contribution is -0.274. The van der Waals surface area contributed by atoms with E-state index in [0.717, 1.165) is 4.90 Å². The molecule has 2 N–H and O–H groups in total. The minimum absolute atomic E-state index is 0.0707.